The molecule has 6 heteroatoms. The number of hydrogen-bond donors (Lipinski definition) is 1. The topological polar surface area (TPSA) is 35.6 Å². The maximum Gasteiger partial charge on any atom is 0.255 e. The Morgan fingerprint density at radius 1 is 1.16 bits per heavy atom. The zero-order chi connectivity index (χ0) is 17.8. The van der Waals surface area contributed by atoms with E-state index in [1.54, 1.807) is 0 Å². The number of anilines is 2. The number of nitrogens with zero attached hydrogens (tertiary/aromatic N) is 2. The van der Waals surface area contributed by atoms with Crippen LogP contribution in [-0.2, 0) is 0 Å². The highest BCUT2D eigenvalue weighted by molar-refractivity contribution is 14.1. The molecule has 0 spiro atoms. The first-order valence-electron chi connectivity index (χ1n) is 8.40. The van der Waals surface area contributed by atoms with Crippen molar-refractivity contribution in [3.8, 4) is 0 Å². The van der Waals surface area contributed by atoms with Gasteiger partial charge < -0.3 is 15.1 Å². The van der Waals surface area contributed by atoms with Crippen LogP contribution in [0.2, 0.25) is 5.02 Å². The van der Waals surface area contributed by atoms with Crippen LogP contribution in [0.25, 0.3) is 0 Å². The van der Waals surface area contributed by atoms with E-state index in [0.717, 1.165) is 47.7 Å². The molecule has 2 aromatic carbocycles. The Morgan fingerprint density at radius 3 is 2.60 bits per heavy atom. The van der Waals surface area contributed by atoms with Gasteiger partial charge in [0.05, 0.1) is 11.4 Å². The fourth-order valence-corrected chi connectivity index (χ4v) is 3.73. The Balaban J connectivity index is 1.81. The van der Waals surface area contributed by atoms with Crippen molar-refractivity contribution >= 4 is 51.5 Å². The van der Waals surface area contributed by atoms with E-state index in [1.807, 2.05) is 42.5 Å². The van der Waals surface area contributed by atoms with E-state index in [-0.39, 0.29) is 5.91 Å². The Kier molecular flexibility index (Phi) is 6.19. The Labute approximate surface area is 167 Å². The molecule has 2 aromatic rings. The summed E-state index contributed by atoms with van der Waals surface area (Å²) in [5.74, 6) is -0.116. The summed E-state index contributed by atoms with van der Waals surface area (Å²) in [5, 5.41) is 3.65. The number of benzene rings is 2. The molecule has 1 amide bonds. The summed E-state index contributed by atoms with van der Waals surface area (Å²) in [6, 6.07) is 13.3. The highest BCUT2D eigenvalue weighted by Crippen LogP contribution is 2.30. The first-order valence-corrected chi connectivity index (χ1v) is 9.86. The Hall–Kier alpha value is -1.31. The van der Waals surface area contributed by atoms with Gasteiger partial charge in [0, 0.05) is 40.3 Å². The van der Waals surface area contributed by atoms with Crippen LogP contribution < -0.4 is 10.2 Å². The molecule has 132 valence electrons. The number of likely N-dealkylation sites (N-methyl/N-ethyl adjacent to an activating group) is 1. The van der Waals surface area contributed by atoms with Crippen molar-refractivity contribution in [3.63, 3.8) is 0 Å². The predicted octanol–water partition coefficient (Wildman–Crippen LogP) is 4.34. The molecule has 1 heterocycles. The summed E-state index contributed by atoms with van der Waals surface area (Å²) in [6.07, 6.45) is 0. The van der Waals surface area contributed by atoms with Gasteiger partial charge in [-0.2, -0.15) is 0 Å². The molecule has 0 aliphatic carbocycles. The van der Waals surface area contributed by atoms with E-state index in [4.69, 9.17) is 11.6 Å². The minimum atomic E-state index is -0.116. The number of halogens is 2. The molecule has 1 aliphatic rings. The van der Waals surface area contributed by atoms with Gasteiger partial charge in [0.15, 0.2) is 0 Å². The summed E-state index contributed by atoms with van der Waals surface area (Å²) < 4.78 is 1.03. The first-order chi connectivity index (χ1) is 12.1. The molecule has 0 radical (unpaired) electrons. The summed E-state index contributed by atoms with van der Waals surface area (Å²) in [6.45, 7) is 7.21. The average molecular weight is 470 g/mol. The van der Waals surface area contributed by atoms with E-state index < -0.39 is 0 Å². The van der Waals surface area contributed by atoms with Crippen LogP contribution in [0, 0.1) is 3.57 Å². The van der Waals surface area contributed by atoms with Gasteiger partial charge in [0.25, 0.3) is 5.91 Å². The van der Waals surface area contributed by atoms with Crippen molar-refractivity contribution in [1.29, 1.82) is 0 Å². The molecule has 0 atom stereocenters. The van der Waals surface area contributed by atoms with Crippen LogP contribution >= 0.6 is 34.2 Å². The molecule has 3 rings (SSSR count). The second kappa shape index (κ2) is 8.38. The van der Waals surface area contributed by atoms with Crippen LogP contribution in [0.5, 0.6) is 0 Å². The van der Waals surface area contributed by atoms with E-state index in [0.29, 0.717) is 10.6 Å². The van der Waals surface area contributed by atoms with Gasteiger partial charge >= 0.3 is 0 Å². The maximum atomic E-state index is 12.6. The number of rotatable bonds is 4. The van der Waals surface area contributed by atoms with Crippen LogP contribution in [0.4, 0.5) is 11.4 Å². The van der Waals surface area contributed by atoms with Crippen molar-refractivity contribution in [1.82, 2.24) is 4.90 Å². The molecule has 1 saturated heterocycles. The second-order valence-electron chi connectivity index (χ2n) is 6.05. The molecule has 1 fully saturated rings. The smallest absolute Gasteiger partial charge is 0.255 e. The quantitative estimate of drug-likeness (QED) is 0.677. The van der Waals surface area contributed by atoms with Gasteiger partial charge in [-0.05, 0) is 65.5 Å². The van der Waals surface area contributed by atoms with Crippen LogP contribution in [0.3, 0.4) is 0 Å². The average Bonchev–Trinajstić information content (AvgIpc) is 2.62. The lowest BCUT2D eigenvalue weighted by molar-refractivity contribution is 0.102. The monoisotopic (exact) mass is 469 g/mol. The second-order valence-corrected chi connectivity index (χ2v) is 7.73. The summed E-state index contributed by atoms with van der Waals surface area (Å²) >= 11 is 8.39. The number of nitrogens with one attached hydrogen (secondary N) is 1. The van der Waals surface area contributed by atoms with Crippen molar-refractivity contribution in [2.45, 2.75) is 6.92 Å². The first kappa shape index (κ1) is 18.5. The van der Waals surface area contributed by atoms with Crippen LogP contribution in [-0.4, -0.2) is 43.5 Å². The third-order valence-electron chi connectivity index (χ3n) is 4.45. The normalized spacial score (nSPS) is 15.2. The summed E-state index contributed by atoms with van der Waals surface area (Å²) in [7, 11) is 0. The number of hydrogen-bond acceptors (Lipinski definition) is 3. The van der Waals surface area contributed by atoms with Crippen molar-refractivity contribution in [3.05, 3.63) is 56.6 Å². The van der Waals surface area contributed by atoms with Crippen molar-refractivity contribution < 1.29 is 4.79 Å². The molecular formula is C19H21ClIN3O. The molecule has 1 aliphatic heterocycles. The number of amides is 1. The molecule has 1 N–H and O–H groups in total. The summed E-state index contributed by atoms with van der Waals surface area (Å²) in [4.78, 5) is 17.4. The maximum absolute atomic E-state index is 12.6. The highest BCUT2D eigenvalue weighted by Gasteiger charge is 2.19. The van der Waals surface area contributed by atoms with Crippen LogP contribution in [0.15, 0.2) is 42.5 Å². The highest BCUT2D eigenvalue weighted by atomic mass is 127. The summed E-state index contributed by atoms with van der Waals surface area (Å²) in [5.41, 5.74) is 2.44. The van der Waals surface area contributed by atoms with E-state index >= 15 is 0 Å². The molecular weight excluding hydrogens is 449 g/mol. The minimum absolute atomic E-state index is 0.116. The van der Waals surface area contributed by atoms with Gasteiger partial charge in [0.1, 0.15) is 0 Å². The fourth-order valence-electron chi connectivity index (χ4n) is 3.01. The molecule has 25 heavy (non-hydrogen) atoms. The Morgan fingerprint density at radius 2 is 1.92 bits per heavy atom. The third kappa shape index (κ3) is 4.65. The van der Waals surface area contributed by atoms with Gasteiger partial charge in [-0.1, -0.05) is 24.6 Å². The largest absolute Gasteiger partial charge is 0.367 e. The van der Waals surface area contributed by atoms with E-state index in [1.165, 1.54) is 0 Å². The molecule has 0 unspecified atom stereocenters. The lowest BCUT2D eigenvalue weighted by atomic mass is 10.1. The standard InChI is InChI=1S/C19H21ClIN3O/c1-2-23-8-10-24(11-9-23)18-7-6-15(20)13-17(18)22-19(25)14-4-3-5-16(21)12-14/h3-7,12-13H,2,8-11H2,1H3,(H,22,25). The van der Waals surface area contributed by atoms with Gasteiger partial charge in [-0.15, -0.1) is 0 Å². The van der Waals surface area contributed by atoms with Crippen molar-refractivity contribution in [2.24, 2.45) is 0 Å². The van der Waals surface area contributed by atoms with E-state index in [2.05, 4.69) is 44.6 Å². The molecule has 0 aromatic heterocycles. The minimum Gasteiger partial charge on any atom is -0.367 e. The molecule has 0 bridgehead atoms. The number of carbonyl (C=O) groups is 1. The van der Waals surface area contributed by atoms with E-state index in [9.17, 15) is 4.79 Å². The van der Waals surface area contributed by atoms with Gasteiger partial charge in [-0.3, -0.25) is 4.79 Å². The third-order valence-corrected chi connectivity index (χ3v) is 5.36. The lowest BCUT2D eigenvalue weighted by Gasteiger charge is -2.36. The van der Waals surface area contributed by atoms with Gasteiger partial charge in [0.2, 0.25) is 0 Å². The number of carbonyl (C=O) groups excluding carboxylic acids is 1. The zero-order valence-corrected chi connectivity index (χ0v) is 17.0. The number of piperazine rings is 1. The SMILES string of the molecule is CCN1CCN(c2ccc(Cl)cc2NC(=O)c2cccc(I)c2)CC1. The zero-order valence-electron chi connectivity index (χ0n) is 14.1. The van der Waals surface area contributed by atoms with Gasteiger partial charge in [-0.25, -0.2) is 0 Å². The molecule has 0 saturated carbocycles. The Bertz CT molecular complexity index is 760. The fraction of sp³-hybridized carbons (Fsp3) is 0.316. The predicted molar refractivity (Wildman–Crippen MR) is 113 cm³/mol. The van der Waals surface area contributed by atoms with Crippen molar-refractivity contribution in [2.75, 3.05) is 42.9 Å². The molecule has 4 nitrogen and oxygen atoms in total. The van der Waals surface area contributed by atoms with Crippen LogP contribution in [0.1, 0.15) is 17.3 Å². The lowest BCUT2D eigenvalue weighted by Crippen LogP contribution is -2.46.